The minimum absolute atomic E-state index is 0.228. The largest absolute Gasteiger partial charge is 0.497 e. The highest BCUT2D eigenvalue weighted by Crippen LogP contribution is 2.18. The summed E-state index contributed by atoms with van der Waals surface area (Å²) in [5, 5.41) is 2.53. The summed E-state index contributed by atoms with van der Waals surface area (Å²) in [4.78, 5) is 23.1. The predicted octanol–water partition coefficient (Wildman–Crippen LogP) is 0.197. The van der Waals surface area contributed by atoms with Gasteiger partial charge in [-0.05, 0) is 12.1 Å². The van der Waals surface area contributed by atoms with Gasteiger partial charge in [-0.2, -0.15) is 0 Å². The Labute approximate surface area is 117 Å². The van der Waals surface area contributed by atoms with Crippen molar-refractivity contribution >= 4 is 17.6 Å². The summed E-state index contributed by atoms with van der Waals surface area (Å²) in [6.45, 7) is 0.394. The van der Waals surface area contributed by atoms with Crippen molar-refractivity contribution in [2.24, 2.45) is 0 Å². The zero-order valence-corrected chi connectivity index (χ0v) is 11.5. The first kappa shape index (κ1) is 15.8. The number of nitrogens with two attached hydrogens (primary N) is 1. The number of carbonyl (C=O) groups is 2. The number of carbonyl (C=O) groups excluding carboxylic acids is 2. The van der Waals surface area contributed by atoms with Crippen molar-refractivity contribution in [2.75, 3.05) is 39.7 Å². The molecule has 0 unspecified atom stereocenters. The van der Waals surface area contributed by atoms with E-state index in [4.69, 9.17) is 19.9 Å². The number of hydrogen-bond donors (Lipinski definition) is 2. The number of nitrogens with one attached hydrogen (secondary N) is 1. The van der Waals surface area contributed by atoms with Crippen LogP contribution in [0.4, 0.5) is 5.69 Å². The van der Waals surface area contributed by atoms with E-state index in [9.17, 15) is 9.59 Å². The molecule has 1 aromatic carbocycles. The Morgan fingerprint density at radius 3 is 2.65 bits per heavy atom. The minimum Gasteiger partial charge on any atom is -0.497 e. The molecule has 0 saturated carbocycles. The van der Waals surface area contributed by atoms with Crippen molar-refractivity contribution in [3.63, 3.8) is 0 Å². The first-order valence-electron chi connectivity index (χ1n) is 5.94. The summed E-state index contributed by atoms with van der Waals surface area (Å²) in [6, 6.07) is 4.52. The van der Waals surface area contributed by atoms with E-state index in [2.05, 4.69) is 5.32 Å². The molecule has 3 N–H and O–H groups in total. The molecule has 7 heteroatoms. The van der Waals surface area contributed by atoms with Crippen LogP contribution in [0.2, 0.25) is 0 Å². The van der Waals surface area contributed by atoms with Gasteiger partial charge in [0, 0.05) is 25.4 Å². The maximum atomic E-state index is 11.8. The fourth-order valence-electron chi connectivity index (χ4n) is 1.42. The van der Waals surface area contributed by atoms with Gasteiger partial charge in [-0.1, -0.05) is 0 Å². The highest BCUT2D eigenvalue weighted by Gasteiger charge is 2.12. The van der Waals surface area contributed by atoms with Crippen molar-refractivity contribution < 1.29 is 23.8 Å². The quantitative estimate of drug-likeness (QED) is 0.421. The number of anilines is 1. The van der Waals surface area contributed by atoms with Gasteiger partial charge in [0.2, 0.25) is 0 Å². The van der Waals surface area contributed by atoms with Crippen LogP contribution in [0.15, 0.2) is 18.2 Å². The Balaban J connectivity index is 2.50. The molecule has 0 fully saturated rings. The molecule has 0 aliphatic carbocycles. The van der Waals surface area contributed by atoms with E-state index >= 15 is 0 Å². The molecule has 7 nitrogen and oxygen atoms in total. The van der Waals surface area contributed by atoms with Gasteiger partial charge in [-0.3, -0.25) is 4.79 Å². The smallest absolute Gasteiger partial charge is 0.338 e. The fraction of sp³-hybridized carbons (Fsp3) is 0.385. The Kier molecular flexibility index (Phi) is 6.31. The van der Waals surface area contributed by atoms with Crippen LogP contribution in [0.1, 0.15) is 10.4 Å². The SMILES string of the molecule is COCCNC(=O)COC(=O)c1cc(N)cc(OC)c1. The van der Waals surface area contributed by atoms with E-state index in [0.717, 1.165) is 0 Å². The molecular formula is C13H18N2O5. The lowest BCUT2D eigenvalue weighted by Crippen LogP contribution is -2.31. The van der Waals surface area contributed by atoms with E-state index in [0.29, 0.717) is 24.6 Å². The second kappa shape index (κ2) is 8.00. The summed E-state index contributed by atoms with van der Waals surface area (Å²) in [6.07, 6.45) is 0. The van der Waals surface area contributed by atoms with E-state index in [1.165, 1.54) is 26.4 Å². The molecule has 110 valence electrons. The van der Waals surface area contributed by atoms with E-state index in [1.807, 2.05) is 0 Å². The highest BCUT2D eigenvalue weighted by molar-refractivity contribution is 5.92. The van der Waals surface area contributed by atoms with Crippen molar-refractivity contribution in [3.05, 3.63) is 23.8 Å². The molecule has 0 heterocycles. The van der Waals surface area contributed by atoms with Gasteiger partial charge >= 0.3 is 5.97 Å². The highest BCUT2D eigenvalue weighted by atomic mass is 16.5. The number of esters is 1. The van der Waals surface area contributed by atoms with Crippen LogP contribution >= 0.6 is 0 Å². The molecule has 1 rings (SSSR count). The molecule has 0 bridgehead atoms. The van der Waals surface area contributed by atoms with Gasteiger partial charge < -0.3 is 25.3 Å². The molecule has 0 spiro atoms. The molecule has 0 saturated heterocycles. The molecule has 0 aliphatic rings. The van der Waals surface area contributed by atoms with Gasteiger partial charge in [-0.15, -0.1) is 0 Å². The zero-order chi connectivity index (χ0) is 15.0. The fourth-order valence-corrected chi connectivity index (χ4v) is 1.42. The maximum Gasteiger partial charge on any atom is 0.338 e. The van der Waals surface area contributed by atoms with Gasteiger partial charge in [0.05, 0.1) is 19.3 Å². The van der Waals surface area contributed by atoms with Gasteiger partial charge in [0.1, 0.15) is 5.75 Å². The lowest BCUT2D eigenvalue weighted by molar-refractivity contribution is -0.124. The van der Waals surface area contributed by atoms with Crippen molar-refractivity contribution in [2.45, 2.75) is 0 Å². The Morgan fingerprint density at radius 1 is 1.25 bits per heavy atom. The average Bonchev–Trinajstić information content (AvgIpc) is 2.44. The molecule has 0 aromatic heterocycles. The lowest BCUT2D eigenvalue weighted by Gasteiger charge is -2.08. The molecule has 0 atom stereocenters. The third-order valence-electron chi connectivity index (χ3n) is 2.36. The number of methoxy groups -OCH3 is 2. The first-order chi connectivity index (χ1) is 9.56. The number of nitrogen functional groups attached to an aromatic ring is 1. The third kappa shape index (κ3) is 5.15. The zero-order valence-electron chi connectivity index (χ0n) is 11.5. The number of amides is 1. The second-order valence-corrected chi connectivity index (χ2v) is 3.91. The van der Waals surface area contributed by atoms with Crippen LogP contribution in [-0.2, 0) is 14.3 Å². The summed E-state index contributed by atoms with van der Waals surface area (Å²) >= 11 is 0. The van der Waals surface area contributed by atoms with Gasteiger partial charge in [0.25, 0.3) is 5.91 Å². The Morgan fingerprint density at radius 2 is 2.00 bits per heavy atom. The topological polar surface area (TPSA) is 99.9 Å². The van der Waals surface area contributed by atoms with Gasteiger partial charge in [0.15, 0.2) is 6.61 Å². The first-order valence-corrected chi connectivity index (χ1v) is 5.94. The lowest BCUT2D eigenvalue weighted by atomic mass is 10.2. The molecule has 0 radical (unpaired) electrons. The third-order valence-corrected chi connectivity index (χ3v) is 2.36. The molecule has 1 amide bonds. The van der Waals surface area contributed by atoms with Crippen LogP contribution in [0.5, 0.6) is 5.75 Å². The minimum atomic E-state index is -0.641. The summed E-state index contributed by atoms with van der Waals surface area (Å²) in [7, 11) is 2.99. The number of benzene rings is 1. The van der Waals surface area contributed by atoms with Crippen molar-refractivity contribution in [1.29, 1.82) is 0 Å². The maximum absolute atomic E-state index is 11.8. The van der Waals surface area contributed by atoms with E-state index in [-0.39, 0.29) is 12.2 Å². The van der Waals surface area contributed by atoms with Crippen molar-refractivity contribution in [1.82, 2.24) is 5.32 Å². The normalized spacial score (nSPS) is 9.90. The molecule has 0 aliphatic heterocycles. The summed E-state index contributed by atoms with van der Waals surface area (Å²) in [5.74, 6) is -0.592. The molecular weight excluding hydrogens is 264 g/mol. The Hall–Kier alpha value is -2.28. The van der Waals surface area contributed by atoms with Crippen LogP contribution in [0.3, 0.4) is 0 Å². The number of hydrogen-bond acceptors (Lipinski definition) is 6. The van der Waals surface area contributed by atoms with Crippen LogP contribution in [0, 0.1) is 0 Å². The average molecular weight is 282 g/mol. The molecule has 1 aromatic rings. The predicted molar refractivity (Wildman–Crippen MR) is 72.6 cm³/mol. The van der Waals surface area contributed by atoms with E-state index in [1.54, 1.807) is 6.07 Å². The van der Waals surface area contributed by atoms with Crippen LogP contribution in [-0.4, -0.2) is 45.9 Å². The molecule has 20 heavy (non-hydrogen) atoms. The van der Waals surface area contributed by atoms with E-state index < -0.39 is 11.9 Å². The Bertz CT molecular complexity index is 476. The summed E-state index contributed by atoms with van der Waals surface area (Å²) in [5.41, 5.74) is 6.23. The monoisotopic (exact) mass is 282 g/mol. The second-order valence-electron chi connectivity index (χ2n) is 3.91. The van der Waals surface area contributed by atoms with Gasteiger partial charge in [-0.25, -0.2) is 4.79 Å². The summed E-state index contributed by atoms with van der Waals surface area (Å²) < 4.78 is 14.6. The standard InChI is InChI=1S/C13H18N2O5/c1-18-4-3-15-12(16)8-20-13(17)9-5-10(14)7-11(6-9)19-2/h5-7H,3-4,8,14H2,1-2H3,(H,15,16). The van der Waals surface area contributed by atoms with Crippen LogP contribution in [0.25, 0.3) is 0 Å². The van der Waals surface area contributed by atoms with Crippen molar-refractivity contribution in [3.8, 4) is 5.75 Å². The number of ether oxygens (including phenoxy) is 3. The van der Waals surface area contributed by atoms with Crippen LogP contribution < -0.4 is 15.8 Å². The number of rotatable bonds is 7.